The zero-order chi connectivity index (χ0) is 16.4. The van der Waals surface area contributed by atoms with Crippen LogP contribution in [0.5, 0.6) is 0 Å². The van der Waals surface area contributed by atoms with Gasteiger partial charge in [-0.1, -0.05) is 47.5 Å². The molecule has 4 nitrogen and oxygen atoms in total. The van der Waals surface area contributed by atoms with E-state index in [-0.39, 0.29) is 5.91 Å². The van der Waals surface area contributed by atoms with Crippen LogP contribution in [0.25, 0.3) is 0 Å². The largest absolute Gasteiger partial charge is 0.398 e. The summed E-state index contributed by atoms with van der Waals surface area (Å²) in [5, 5.41) is 3.13. The molecule has 0 unspecified atom stereocenters. The summed E-state index contributed by atoms with van der Waals surface area (Å²) < 4.78 is 4.81. The van der Waals surface area contributed by atoms with E-state index in [1.807, 2.05) is 18.2 Å². The van der Waals surface area contributed by atoms with Gasteiger partial charge in [0.05, 0.1) is 17.3 Å². The first kappa shape index (κ1) is 18.0. The maximum atomic E-state index is 11.5. The molecular formula is C17H21ClN2O2. The Labute approximate surface area is 136 Å². The van der Waals surface area contributed by atoms with Crippen LogP contribution in [-0.4, -0.2) is 26.2 Å². The van der Waals surface area contributed by atoms with E-state index >= 15 is 0 Å². The second-order valence-corrected chi connectivity index (χ2v) is 5.05. The number of aryl methyl sites for hydroxylation is 1. The van der Waals surface area contributed by atoms with Crippen molar-refractivity contribution in [2.45, 2.75) is 6.92 Å². The first-order chi connectivity index (χ1) is 10.5. The van der Waals surface area contributed by atoms with Gasteiger partial charge in [0.1, 0.15) is 0 Å². The molecule has 0 radical (unpaired) electrons. The van der Waals surface area contributed by atoms with Crippen molar-refractivity contribution in [2.24, 2.45) is 0 Å². The summed E-state index contributed by atoms with van der Waals surface area (Å²) in [5.74, 6) is -0.185. The average molecular weight is 321 g/mol. The van der Waals surface area contributed by atoms with Crippen LogP contribution in [0, 0.1) is 6.92 Å². The van der Waals surface area contributed by atoms with Crippen LogP contribution >= 0.6 is 11.6 Å². The van der Waals surface area contributed by atoms with Crippen LogP contribution in [0.2, 0.25) is 5.02 Å². The van der Waals surface area contributed by atoms with Gasteiger partial charge in [0.15, 0.2) is 0 Å². The van der Waals surface area contributed by atoms with Gasteiger partial charge in [-0.05, 0) is 25.1 Å². The zero-order valence-electron chi connectivity index (χ0n) is 12.8. The number of nitrogens with one attached hydrogen (secondary N) is 1. The van der Waals surface area contributed by atoms with Gasteiger partial charge >= 0.3 is 0 Å². The van der Waals surface area contributed by atoms with Gasteiger partial charge < -0.3 is 15.8 Å². The molecule has 0 atom stereocenters. The van der Waals surface area contributed by atoms with Crippen LogP contribution in [0.3, 0.4) is 0 Å². The number of hydrogen-bond acceptors (Lipinski definition) is 3. The lowest BCUT2D eigenvalue weighted by atomic mass is 10.2. The van der Waals surface area contributed by atoms with Crippen LogP contribution < -0.4 is 11.1 Å². The second kappa shape index (κ2) is 9.82. The Hall–Kier alpha value is -2.04. The fourth-order valence-corrected chi connectivity index (χ4v) is 1.71. The first-order valence-corrected chi connectivity index (χ1v) is 7.26. The molecule has 0 aromatic heterocycles. The molecule has 0 aliphatic carbocycles. The third kappa shape index (κ3) is 6.61. The van der Waals surface area contributed by atoms with Gasteiger partial charge in [-0.3, -0.25) is 4.79 Å². The average Bonchev–Trinajstić information content (AvgIpc) is 2.51. The smallest absolute Gasteiger partial charge is 0.251 e. The standard InChI is InChI=1S/C10H13ClN2O2.C7H8/c1-15-5-4-13-10(14)7-2-3-8(11)9(12)6-7;1-7-5-3-2-4-6-7/h2-3,6H,4-5,12H2,1H3,(H,13,14);2-6H,1H3. The molecule has 118 valence electrons. The number of methoxy groups -OCH3 is 1. The fraction of sp³-hybridized carbons (Fsp3) is 0.235. The highest BCUT2D eigenvalue weighted by Crippen LogP contribution is 2.19. The summed E-state index contributed by atoms with van der Waals surface area (Å²) in [4.78, 5) is 11.5. The van der Waals surface area contributed by atoms with E-state index in [0.717, 1.165) is 0 Å². The van der Waals surface area contributed by atoms with Crippen molar-refractivity contribution in [3.63, 3.8) is 0 Å². The molecule has 0 aliphatic heterocycles. The predicted octanol–water partition coefficient (Wildman–Crippen LogP) is 3.29. The lowest BCUT2D eigenvalue weighted by Crippen LogP contribution is -2.26. The number of ether oxygens (including phenoxy) is 1. The Kier molecular flexibility index (Phi) is 8.04. The highest BCUT2D eigenvalue weighted by molar-refractivity contribution is 6.33. The minimum absolute atomic E-state index is 0.185. The molecule has 1 amide bonds. The normalized spacial score (nSPS) is 9.59. The lowest BCUT2D eigenvalue weighted by molar-refractivity contribution is 0.0937. The third-order valence-electron chi connectivity index (χ3n) is 2.79. The number of hydrogen-bond donors (Lipinski definition) is 2. The number of benzene rings is 2. The molecule has 0 saturated carbocycles. The number of carbonyl (C=O) groups excluding carboxylic acids is 1. The van der Waals surface area contributed by atoms with Crippen LogP contribution in [0.1, 0.15) is 15.9 Å². The monoisotopic (exact) mass is 320 g/mol. The number of amides is 1. The van der Waals surface area contributed by atoms with Crippen molar-refractivity contribution in [3.8, 4) is 0 Å². The zero-order valence-corrected chi connectivity index (χ0v) is 13.6. The minimum atomic E-state index is -0.185. The maximum absolute atomic E-state index is 11.5. The molecule has 22 heavy (non-hydrogen) atoms. The Bertz CT molecular complexity index is 588. The number of carbonyl (C=O) groups is 1. The van der Waals surface area contributed by atoms with Gasteiger partial charge in [-0.2, -0.15) is 0 Å². The van der Waals surface area contributed by atoms with Crippen LogP contribution in [0.15, 0.2) is 48.5 Å². The van der Waals surface area contributed by atoms with Crippen molar-refractivity contribution in [2.75, 3.05) is 26.0 Å². The topological polar surface area (TPSA) is 64.3 Å². The van der Waals surface area contributed by atoms with Crippen LogP contribution in [0.4, 0.5) is 5.69 Å². The number of nitrogen functional groups attached to an aromatic ring is 1. The third-order valence-corrected chi connectivity index (χ3v) is 3.13. The Morgan fingerprint density at radius 1 is 1.23 bits per heavy atom. The fourth-order valence-electron chi connectivity index (χ4n) is 1.59. The Morgan fingerprint density at radius 3 is 2.41 bits per heavy atom. The molecule has 0 spiro atoms. The highest BCUT2D eigenvalue weighted by Gasteiger charge is 2.06. The van der Waals surface area contributed by atoms with Gasteiger partial charge in [0, 0.05) is 19.2 Å². The summed E-state index contributed by atoms with van der Waals surface area (Å²) in [5.41, 5.74) is 7.79. The number of rotatable bonds is 4. The summed E-state index contributed by atoms with van der Waals surface area (Å²) in [6.07, 6.45) is 0. The van der Waals surface area contributed by atoms with Crippen molar-refractivity contribution >= 4 is 23.2 Å². The van der Waals surface area contributed by atoms with E-state index in [4.69, 9.17) is 22.1 Å². The summed E-state index contributed by atoms with van der Waals surface area (Å²) in [6, 6.07) is 15.0. The molecule has 0 heterocycles. The first-order valence-electron chi connectivity index (χ1n) is 6.88. The number of halogens is 1. The van der Waals surface area contributed by atoms with E-state index in [1.54, 1.807) is 25.3 Å². The van der Waals surface area contributed by atoms with E-state index in [2.05, 4.69) is 24.4 Å². The maximum Gasteiger partial charge on any atom is 0.251 e. The Morgan fingerprint density at radius 2 is 1.91 bits per heavy atom. The second-order valence-electron chi connectivity index (χ2n) is 4.64. The lowest BCUT2D eigenvalue weighted by Gasteiger charge is -2.05. The molecule has 0 saturated heterocycles. The highest BCUT2D eigenvalue weighted by atomic mass is 35.5. The number of anilines is 1. The molecule has 2 rings (SSSR count). The van der Waals surface area contributed by atoms with Gasteiger partial charge in [0.25, 0.3) is 5.91 Å². The summed E-state index contributed by atoms with van der Waals surface area (Å²) >= 11 is 5.74. The summed E-state index contributed by atoms with van der Waals surface area (Å²) in [7, 11) is 1.58. The quantitative estimate of drug-likeness (QED) is 0.671. The van der Waals surface area contributed by atoms with Crippen molar-refractivity contribution in [1.29, 1.82) is 0 Å². The van der Waals surface area contributed by atoms with Gasteiger partial charge in [-0.25, -0.2) is 0 Å². The molecule has 3 N–H and O–H groups in total. The molecule has 5 heteroatoms. The summed E-state index contributed by atoms with van der Waals surface area (Å²) in [6.45, 7) is 3.03. The van der Waals surface area contributed by atoms with E-state index in [0.29, 0.717) is 29.4 Å². The van der Waals surface area contributed by atoms with E-state index in [9.17, 15) is 4.79 Å². The van der Waals surface area contributed by atoms with Crippen molar-refractivity contribution in [1.82, 2.24) is 5.32 Å². The molecule has 0 fully saturated rings. The van der Waals surface area contributed by atoms with Crippen molar-refractivity contribution < 1.29 is 9.53 Å². The molecular weight excluding hydrogens is 300 g/mol. The molecule has 2 aromatic rings. The molecule has 0 bridgehead atoms. The predicted molar refractivity (Wildman–Crippen MR) is 91.3 cm³/mol. The molecule has 0 aliphatic rings. The van der Waals surface area contributed by atoms with Crippen molar-refractivity contribution in [3.05, 3.63) is 64.7 Å². The minimum Gasteiger partial charge on any atom is -0.398 e. The van der Waals surface area contributed by atoms with E-state index in [1.165, 1.54) is 5.56 Å². The van der Waals surface area contributed by atoms with E-state index < -0.39 is 0 Å². The van der Waals surface area contributed by atoms with Gasteiger partial charge in [-0.15, -0.1) is 0 Å². The van der Waals surface area contributed by atoms with Gasteiger partial charge in [0.2, 0.25) is 0 Å². The molecule has 2 aromatic carbocycles. The SMILES string of the molecule is COCCNC(=O)c1ccc(Cl)c(N)c1.Cc1ccccc1. The number of nitrogens with two attached hydrogens (primary N) is 1. The van der Waals surface area contributed by atoms with Crippen LogP contribution in [-0.2, 0) is 4.74 Å². The Balaban J connectivity index is 0.000000287.